The summed E-state index contributed by atoms with van der Waals surface area (Å²) in [5.74, 6) is 0.759. The first kappa shape index (κ1) is 11.7. The van der Waals surface area contributed by atoms with Crippen LogP contribution in [0.4, 0.5) is 5.69 Å². The summed E-state index contributed by atoms with van der Waals surface area (Å²) in [6.07, 6.45) is 0. The minimum Gasteiger partial charge on any atom is -0.290 e. The number of hydrogen-bond donors (Lipinski definition) is 2. The molecule has 0 aliphatic carbocycles. The predicted octanol–water partition coefficient (Wildman–Crippen LogP) is 3.48. The quantitative estimate of drug-likeness (QED) is 0.715. The second kappa shape index (κ2) is 5.07. The lowest BCUT2D eigenvalue weighted by atomic mass is 10.2. The molecule has 0 saturated carbocycles. The molecule has 19 heavy (non-hydrogen) atoms. The van der Waals surface area contributed by atoms with Crippen molar-refractivity contribution in [2.45, 2.75) is 0 Å². The van der Waals surface area contributed by atoms with Gasteiger partial charge in [-0.25, -0.2) is 9.77 Å². The Morgan fingerprint density at radius 2 is 1.58 bits per heavy atom. The van der Waals surface area contributed by atoms with E-state index in [9.17, 15) is 0 Å². The standard InChI is InChI=1S/C14H12N4S/c19-14-16-15-13(11-7-3-1-4-8-11)18(14)17-12-9-5-2-6-10-12/h1-10,17H,(H,16,19). The van der Waals surface area contributed by atoms with E-state index in [1.165, 1.54) is 0 Å². The number of benzene rings is 2. The van der Waals surface area contributed by atoms with E-state index >= 15 is 0 Å². The zero-order chi connectivity index (χ0) is 13.1. The summed E-state index contributed by atoms with van der Waals surface area (Å²) in [6.45, 7) is 0. The fraction of sp³-hybridized carbons (Fsp3) is 0. The SMILES string of the molecule is S=c1[nH]nc(-c2ccccc2)n1Nc1ccccc1. The molecule has 0 aliphatic heterocycles. The maximum Gasteiger partial charge on any atom is 0.214 e. The van der Waals surface area contributed by atoms with Crippen molar-refractivity contribution < 1.29 is 0 Å². The van der Waals surface area contributed by atoms with Crippen LogP contribution in [-0.2, 0) is 0 Å². The average molecular weight is 268 g/mol. The number of rotatable bonds is 3. The van der Waals surface area contributed by atoms with Crippen molar-refractivity contribution in [2.24, 2.45) is 0 Å². The Morgan fingerprint density at radius 3 is 2.26 bits per heavy atom. The van der Waals surface area contributed by atoms with Crippen molar-refractivity contribution in [3.05, 3.63) is 65.4 Å². The fourth-order valence-corrected chi connectivity index (χ4v) is 2.00. The summed E-state index contributed by atoms with van der Waals surface area (Å²) in [6, 6.07) is 19.8. The van der Waals surface area contributed by atoms with Crippen LogP contribution >= 0.6 is 12.2 Å². The summed E-state index contributed by atoms with van der Waals surface area (Å²) in [4.78, 5) is 0. The molecule has 94 valence electrons. The van der Waals surface area contributed by atoms with Gasteiger partial charge >= 0.3 is 0 Å². The van der Waals surface area contributed by atoms with Gasteiger partial charge < -0.3 is 0 Å². The molecule has 2 aromatic carbocycles. The van der Waals surface area contributed by atoms with Gasteiger partial charge in [-0.05, 0) is 24.4 Å². The summed E-state index contributed by atoms with van der Waals surface area (Å²) in [7, 11) is 0. The first-order chi connectivity index (χ1) is 9.34. The second-order valence-corrected chi connectivity index (χ2v) is 4.42. The number of H-pyrrole nitrogens is 1. The van der Waals surface area contributed by atoms with Gasteiger partial charge in [0.15, 0.2) is 5.82 Å². The molecule has 3 rings (SSSR count). The number of para-hydroxylation sites is 1. The Balaban J connectivity index is 2.03. The van der Waals surface area contributed by atoms with Gasteiger partial charge in [0.05, 0.1) is 5.69 Å². The van der Waals surface area contributed by atoms with E-state index in [1.807, 2.05) is 60.7 Å². The van der Waals surface area contributed by atoms with Crippen LogP contribution in [0.1, 0.15) is 0 Å². The van der Waals surface area contributed by atoms with E-state index in [-0.39, 0.29) is 0 Å². The van der Waals surface area contributed by atoms with Crippen molar-refractivity contribution in [1.29, 1.82) is 0 Å². The highest BCUT2D eigenvalue weighted by Gasteiger charge is 2.08. The van der Waals surface area contributed by atoms with Gasteiger partial charge in [0.2, 0.25) is 4.77 Å². The zero-order valence-corrected chi connectivity index (χ0v) is 10.9. The molecule has 0 bridgehead atoms. The average Bonchev–Trinajstić information content (AvgIpc) is 2.82. The van der Waals surface area contributed by atoms with E-state index in [4.69, 9.17) is 12.2 Å². The van der Waals surface area contributed by atoms with Gasteiger partial charge in [-0.3, -0.25) is 5.43 Å². The normalized spacial score (nSPS) is 10.3. The smallest absolute Gasteiger partial charge is 0.214 e. The van der Waals surface area contributed by atoms with E-state index in [0.717, 1.165) is 17.1 Å². The molecule has 5 heteroatoms. The summed E-state index contributed by atoms with van der Waals surface area (Å²) < 4.78 is 2.29. The van der Waals surface area contributed by atoms with Gasteiger partial charge in [0.25, 0.3) is 0 Å². The maximum absolute atomic E-state index is 5.25. The van der Waals surface area contributed by atoms with Gasteiger partial charge in [0.1, 0.15) is 0 Å². The topological polar surface area (TPSA) is 45.6 Å². The minimum absolute atomic E-state index is 0.530. The van der Waals surface area contributed by atoms with Crippen LogP contribution in [-0.4, -0.2) is 14.9 Å². The number of nitrogens with one attached hydrogen (secondary N) is 2. The summed E-state index contributed by atoms with van der Waals surface area (Å²) in [5.41, 5.74) is 5.19. The third kappa shape index (κ3) is 2.41. The highest BCUT2D eigenvalue weighted by atomic mass is 32.1. The molecule has 0 spiro atoms. The molecule has 4 nitrogen and oxygen atoms in total. The lowest BCUT2D eigenvalue weighted by molar-refractivity contribution is 0.942. The highest BCUT2D eigenvalue weighted by Crippen LogP contribution is 2.17. The lowest BCUT2D eigenvalue weighted by Crippen LogP contribution is -2.10. The van der Waals surface area contributed by atoms with Crippen LogP contribution < -0.4 is 5.43 Å². The summed E-state index contributed by atoms with van der Waals surface area (Å²) >= 11 is 5.25. The number of nitrogens with zero attached hydrogens (tertiary/aromatic N) is 2. The Labute approximate surface area is 115 Å². The van der Waals surface area contributed by atoms with Crippen LogP contribution in [0.25, 0.3) is 11.4 Å². The van der Waals surface area contributed by atoms with Gasteiger partial charge in [-0.15, -0.1) is 0 Å². The molecule has 0 atom stereocenters. The van der Waals surface area contributed by atoms with E-state index in [1.54, 1.807) is 4.68 Å². The Kier molecular flexibility index (Phi) is 3.12. The van der Waals surface area contributed by atoms with Crippen LogP contribution in [0.3, 0.4) is 0 Å². The predicted molar refractivity (Wildman–Crippen MR) is 78.3 cm³/mol. The molecule has 2 N–H and O–H groups in total. The Bertz CT molecular complexity index is 716. The number of aromatic amines is 1. The third-order valence-electron chi connectivity index (χ3n) is 2.72. The lowest BCUT2D eigenvalue weighted by Gasteiger charge is -2.09. The molecule has 0 unspecified atom stereocenters. The highest BCUT2D eigenvalue weighted by molar-refractivity contribution is 7.71. The first-order valence-electron chi connectivity index (χ1n) is 5.89. The summed E-state index contributed by atoms with van der Waals surface area (Å²) in [5, 5.41) is 7.07. The fourth-order valence-electron chi connectivity index (χ4n) is 1.82. The van der Waals surface area contributed by atoms with Crippen LogP contribution in [0, 0.1) is 4.77 Å². The second-order valence-electron chi connectivity index (χ2n) is 4.03. The van der Waals surface area contributed by atoms with E-state index < -0.39 is 0 Å². The molecule has 3 aromatic rings. The zero-order valence-electron chi connectivity index (χ0n) is 10.1. The molecule has 0 radical (unpaired) electrons. The molecule has 0 aliphatic rings. The number of aromatic nitrogens is 3. The molecule has 0 saturated heterocycles. The Morgan fingerprint density at radius 1 is 0.947 bits per heavy atom. The molecule has 0 amide bonds. The third-order valence-corrected chi connectivity index (χ3v) is 2.99. The first-order valence-corrected chi connectivity index (χ1v) is 6.30. The van der Waals surface area contributed by atoms with Gasteiger partial charge in [-0.2, -0.15) is 5.10 Å². The van der Waals surface area contributed by atoms with E-state index in [2.05, 4.69) is 15.6 Å². The maximum atomic E-state index is 5.25. The van der Waals surface area contributed by atoms with Crippen molar-refractivity contribution in [3.63, 3.8) is 0 Å². The molecular formula is C14H12N4S. The Hall–Kier alpha value is -2.40. The number of hydrogen-bond acceptors (Lipinski definition) is 3. The van der Waals surface area contributed by atoms with Crippen molar-refractivity contribution in [1.82, 2.24) is 14.9 Å². The molecular weight excluding hydrogens is 256 g/mol. The van der Waals surface area contributed by atoms with Crippen LogP contribution in [0.2, 0.25) is 0 Å². The number of anilines is 1. The van der Waals surface area contributed by atoms with Gasteiger partial charge in [-0.1, -0.05) is 48.5 Å². The monoisotopic (exact) mass is 268 g/mol. The molecule has 1 heterocycles. The van der Waals surface area contributed by atoms with Crippen LogP contribution in [0.15, 0.2) is 60.7 Å². The van der Waals surface area contributed by atoms with Crippen molar-refractivity contribution in [2.75, 3.05) is 5.43 Å². The minimum atomic E-state index is 0.530. The van der Waals surface area contributed by atoms with Crippen molar-refractivity contribution in [3.8, 4) is 11.4 Å². The largest absolute Gasteiger partial charge is 0.290 e. The van der Waals surface area contributed by atoms with Crippen LogP contribution in [0.5, 0.6) is 0 Å². The molecule has 0 fully saturated rings. The van der Waals surface area contributed by atoms with E-state index in [0.29, 0.717) is 4.77 Å². The molecule has 1 aromatic heterocycles. The van der Waals surface area contributed by atoms with Crippen molar-refractivity contribution >= 4 is 17.9 Å². The van der Waals surface area contributed by atoms with Gasteiger partial charge in [0, 0.05) is 5.56 Å².